The maximum absolute atomic E-state index is 13.7. The van der Waals surface area contributed by atoms with E-state index < -0.39 is 11.9 Å². The molecule has 2 aromatic carbocycles. The number of amides is 1. The summed E-state index contributed by atoms with van der Waals surface area (Å²) in [5.41, 5.74) is 1.82. The molecule has 5 rings (SSSR count). The fourth-order valence-electron chi connectivity index (χ4n) is 4.06. The maximum Gasteiger partial charge on any atom is 0.297 e. The third kappa shape index (κ3) is 3.36. The zero-order valence-corrected chi connectivity index (χ0v) is 19.1. The van der Waals surface area contributed by atoms with Crippen LogP contribution in [0.5, 0.6) is 11.5 Å². The zero-order valence-electron chi connectivity index (χ0n) is 18.3. The predicted molar refractivity (Wildman–Crippen MR) is 124 cm³/mol. The van der Waals surface area contributed by atoms with E-state index in [4.69, 9.17) is 9.15 Å². The van der Waals surface area contributed by atoms with Crippen LogP contribution in [0.1, 0.15) is 52.1 Å². The van der Waals surface area contributed by atoms with Gasteiger partial charge in [0.15, 0.2) is 16.9 Å². The van der Waals surface area contributed by atoms with Gasteiger partial charge in [-0.1, -0.05) is 36.0 Å². The molecular weight excluding hydrogens is 442 g/mol. The number of aromatic hydroxyl groups is 1. The number of nitrogens with zero attached hydrogens (tertiary/aromatic N) is 3. The average Bonchev–Trinajstić information content (AvgIpc) is 3.39. The molecule has 1 aliphatic heterocycles. The molecule has 0 bridgehead atoms. The molecule has 1 N–H and O–H groups in total. The third-order valence-electron chi connectivity index (χ3n) is 5.59. The summed E-state index contributed by atoms with van der Waals surface area (Å²) in [6.07, 6.45) is 0.672. The number of fused-ring (bicyclic) bond motifs is 2. The Morgan fingerprint density at radius 1 is 1.15 bits per heavy atom. The summed E-state index contributed by atoms with van der Waals surface area (Å²) in [5.74, 6) is -0.231. The number of phenolic OH excluding ortho intramolecular Hbond substituents is 1. The minimum absolute atomic E-state index is 0.0133. The molecule has 1 amide bonds. The molecule has 0 fully saturated rings. The molecule has 0 spiro atoms. The number of benzene rings is 2. The van der Waals surface area contributed by atoms with Crippen molar-refractivity contribution in [1.29, 1.82) is 0 Å². The second kappa shape index (κ2) is 8.00. The fourth-order valence-corrected chi connectivity index (χ4v) is 4.86. The van der Waals surface area contributed by atoms with Gasteiger partial charge >= 0.3 is 0 Å². The van der Waals surface area contributed by atoms with Crippen molar-refractivity contribution >= 4 is 33.3 Å². The molecule has 1 atom stereocenters. The van der Waals surface area contributed by atoms with Crippen molar-refractivity contribution in [3.8, 4) is 11.5 Å². The van der Waals surface area contributed by atoms with E-state index in [1.54, 1.807) is 24.3 Å². The van der Waals surface area contributed by atoms with E-state index in [1.165, 1.54) is 22.3 Å². The van der Waals surface area contributed by atoms with Crippen molar-refractivity contribution in [3.63, 3.8) is 0 Å². The van der Waals surface area contributed by atoms with Crippen LogP contribution in [0.3, 0.4) is 0 Å². The van der Waals surface area contributed by atoms with Crippen LogP contribution in [0, 0.1) is 6.92 Å². The fraction of sp³-hybridized carbons (Fsp3) is 0.250. The minimum atomic E-state index is -0.800. The number of anilines is 1. The third-order valence-corrected chi connectivity index (χ3v) is 6.66. The number of hydrogen-bond donors (Lipinski definition) is 1. The van der Waals surface area contributed by atoms with E-state index in [0.717, 1.165) is 10.6 Å². The lowest BCUT2D eigenvalue weighted by atomic mass is 9.98. The largest absolute Gasteiger partial charge is 0.504 e. The predicted octanol–water partition coefficient (Wildman–Crippen LogP) is 4.37. The molecular formula is C24H21N3O5S. The van der Waals surface area contributed by atoms with Crippen molar-refractivity contribution in [2.45, 2.75) is 33.2 Å². The number of phenols is 1. The lowest BCUT2D eigenvalue weighted by Gasteiger charge is -2.22. The Morgan fingerprint density at radius 2 is 1.97 bits per heavy atom. The van der Waals surface area contributed by atoms with Crippen molar-refractivity contribution in [3.05, 3.63) is 74.1 Å². The highest BCUT2D eigenvalue weighted by Gasteiger charge is 2.45. The molecule has 0 saturated carbocycles. The highest BCUT2D eigenvalue weighted by Crippen LogP contribution is 2.43. The van der Waals surface area contributed by atoms with Gasteiger partial charge in [-0.05, 0) is 50.1 Å². The number of aryl methyl sites for hydroxylation is 2. The van der Waals surface area contributed by atoms with Gasteiger partial charge < -0.3 is 14.3 Å². The number of carbonyl (C=O) groups is 1. The number of rotatable bonds is 5. The number of ether oxygens (including phenoxy) is 1. The minimum Gasteiger partial charge on any atom is -0.504 e. The molecule has 3 heterocycles. The topological polar surface area (TPSA) is 106 Å². The molecule has 33 heavy (non-hydrogen) atoms. The first-order valence-electron chi connectivity index (χ1n) is 10.6. The lowest BCUT2D eigenvalue weighted by molar-refractivity contribution is 0.0970. The van der Waals surface area contributed by atoms with Gasteiger partial charge in [0, 0.05) is 0 Å². The van der Waals surface area contributed by atoms with Crippen LogP contribution in [-0.4, -0.2) is 27.8 Å². The lowest BCUT2D eigenvalue weighted by Crippen LogP contribution is -2.29. The Hall–Kier alpha value is -3.72. The van der Waals surface area contributed by atoms with Gasteiger partial charge in [-0.25, -0.2) is 0 Å². The van der Waals surface area contributed by atoms with Crippen molar-refractivity contribution in [2.24, 2.45) is 0 Å². The summed E-state index contributed by atoms with van der Waals surface area (Å²) in [5, 5.41) is 20.1. The maximum atomic E-state index is 13.7. The Labute approximate surface area is 193 Å². The standard InChI is InChI=1S/C24H21N3O5S/c1-4-18-25-26-24(33-18)27-20(13-7-8-15(28)17(11-13)31-5-2)19-21(29)14-10-12(3)6-9-16(14)32-22(19)23(27)30/h6-11,20,28H,4-5H2,1-3H3. The number of hydrogen-bond acceptors (Lipinski definition) is 8. The van der Waals surface area contributed by atoms with E-state index >= 15 is 0 Å². The van der Waals surface area contributed by atoms with Crippen LogP contribution in [0.15, 0.2) is 45.6 Å². The second-order valence-electron chi connectivity index (χ2n) is 7.74. The summed E-state index contributed by atoms with van der Waals surface area (Å²) in [6.45, 7) is 6.01. The van der Waals surface area contributed by atoms with Gasteiger partial charge in [-0.3, -0.25) is 14.5 Å². The van der Waals surface area contributed by atoms with Crippen LogP contribution < -0.4 is 15.1 Å². The first kappa shape index (κ1) is 21.1. The van der Waals surface area contributed by atoms with Crippen LogP contribution in [0.4, 0.5) is 5.13 Å². The first-order valence-corrected chi connectivity index (χ1v) is 11.4. The summed E-state index contributed by atoms with van der Waals surface area (Å²) in [6, 6.07) is 9.29. The zero-order chi connectivity index (χ0) is 23.3. The summed E-state index contributed by atoms with van der Waals surface area (Å²) in [7, 11) is 0. The van der Waals surface area contributed by atoms with Crippen molar-refractivity contribution in [2.75, 3.05) is 11.5 Å². The summed E-state index contributed by atoms with van der Waals surface area (Å²) >= 11 is 1.29. The summed E-state index contributed by atoms with van der Waals surface area (Å²) in [4.78, 5) is 28.7. The molecule has 8 nitrogen and oxygen atoms in total. The Balaban J connectivity index is 1.79. The highest BCUT2D eigenvalue weighted by atomic mass is 32.1. The first-order chi connectivity index (χ1) is 15.9. The summed E-state index contributed by atoms with van der Waals surface area (Å²) < 4.78 is 11.5. The van der Waals surface area contributed by atoms with Gasteiger partial charge in [0.2, 0.25) is 10.9 Å². The number of aromatic nitrogens is 2. The van der Waals surface area contributed by atoms with Gasteiger partial charge in [0.25, 0.3) is 5.91 Å². The highest BCUT2D eigenvalue weighted by molar-refractivity contribution is 7.15. The van der Waals surface area contributed by atoms with E-state index in [2.05, 4.69) is 10.2 Å². The molecule has 2 aromatic heterocycles. The van der Waals surface area contributed by atoms with Gasteiger partial charge in [-0.15, -0.1) is 10.2 Å². The quantitative estimate of drug-likeness (QED) is 0.468. The average molecular weight is 464 g/mol. The monoisotopic (exact) mass is 463 g/mol. The van der Waals surface area contributed by atoms with Crippen molar-refractivity contribution in [1.82, 2.24) is 10.2 Å². The van der Waals surface area contributed by atoms with Crippen LogP contribution in [0.2, 0.25) is 0 Å². The Bertz CT molecular complexity index is 1460. The molecule has 0 aliphatic carbocycles. The Morgan fingerprint density at radius 3 is 2.70 bits per heavy atom. The second-order valence-corrected chi connectivity index (χ2v) is 8.78. The van der Waals surface area contributed by atoms with E-state index in [0.29, 0.717) is 34.7 Å². The van der Waals surface area contributed by atoms with E-state index in [9.17, 15) is 14.7 Å². The molecule has 4 aromatic rings. The van der Waals surface area contributed by atoms with Crippen LogP contribution in [-0.2, 0) is 6.42 Å². The normalized spacial score (nSPS) is 15.3. The van der Waals surface area contributed by atoms with Crippen LogP contribution >= 0.6 is 11.3 Å². The van der Waals surface area contributed by atoms with E-state index in [-0.39, 0.29) is 28.3 Å². The number of carbonyl (C=O) groups excluding carboxylic acids is 1. The van der Waals surface area contributed by atoms with Gasteiger partial charge in [0.05, 0.1) is 23.6 Å². The molecule has 1 unspecified atom stereocenters. The van der Waals surface area contributed by atoms with Gasteiger partial charge in [-0.2, -0.15) is 0 Å². The molecule has 1 aliphatic rings. The molecule has 168 valence electrons. The van der Waals surface area contributed by atoms with E-state index in [1.807, 2.05) is 26.8 Å². The Kier molecular flexibility index (Phi) is 5.13. The molecule has 0 radical (unpaired) electrons. The molecule has 9 heteroatoms. The van der Waals surface area contributed by atoms with Crippen molar-refractivity contribution < 1.29 is 19.1 Å². The molecule has 0 saturated heterocycles. The van der Waals surface area contributed by atoms with Crippen LogP contribution in [0.25, 0.3) is 11.0 Å². The van der Waals surface area contributed by atoms with Gasteiger partial charge in [0.1, 0.15) is 10.6 Å². The SMILES string of the molecule is CCOc1cc(C2c3c(oc4ccc(C)cc4c3=O)C(=O)N2c2nnc(CC)s2)ccc1O. The smallest absolute Gasteiger partial charge is 0.297 e.